The molecule has 3 heterocycles. The van der Waals surface area contributed by atoms with Gasteiger partial charge in [0.25, 0.3) is 5.91 Å². The highest BCUT2D eigenvalue weighted by atomic mass is 16.1. The zero-order valence-electron chi connectivity index (χ0n) is 22.3. The van der Waals surface area contributed by atoms with Crippen molar-refractivity contribution in [1.82, 2.24) is 30.1 Å². The molecular weight excluding hydrogens is 476 g/mol. The topological polar surface area (TPSA) is 98.3 Å². The second-order valence-corrected chi connectivity index (χ2v) is 10.1. The molecule has 0 saturated carbocycles. The van der Waals surface area contributed by atoms with E-state index in [1.54, 1.807) is 0 Å². The van der Waals surface area contributed by atoms with E-state index in [9.17, 15) is 4.79 Å². The van der Waals surface area contributed by atoms with Crippen molar-refractivity contribution in [2.75, 3.05) is 50.4 Å². The highest BCUT2D eigenvalue weighted by Gasteiger charge is 2.24. The van der Waals surface area contributed by atoms with Gasteiger partial charge in [0.05, 0.1) is 6.54 Å². The highest BCUT2D eigenvalue weighted by molar-refractivity contribution is 5.99. The molecule has 0 bridgehead atoms. The lowest BCUT2D eigenvalue weighted by Crippen LogP contribution is -2.44. The number of carbonyl (C=O) groups is 1. The average Bonchev–Trinajstić information content (AvgIpc) is 3.35. The molecule has 0 radical (unpaired) electrons. The van der Waals surface area contributed by atoms with E-state index in [2.05, 4.69) is 73.8 Å². The first kappa shape index (κ1) is 25.7. The molecule has 1 fully saturated rings. The van der Waals surface area contributed by atoms with Gasteiger partial charge in [0.15, 0.2) is 0 Å². The number of likely N-dealkylation sites (N-methyl/N-ethyl adjacent to an activating group) is 1. The Morgan fingerprint density at radius 2 is 1.95 bits per heavy atom. The lowest BCUT2D eigenvalue weighted by Gasteiger charge is -2.36. The second-order valence-electron chi connectivity index (χ2n) is 10.1. The van der Waals surface area contributed by atoms with Crippen LogP contribution in [0.5, 0.6) is 0 Å². The summed E-state index contributed by atoms with van der Waals surface area (Å²) in [7, 11) is 2.17. The quantitative estimate of drug-likeness (QED) is 0.461. The number of anilines is 3. The fourth-order valence-electron chi connectivity index (χ4n) is 5.28. The Hall–Kier alpha value is -3.90. The van der Waals surface area contributed by atoms with Crippen molar-refractivity contribution < 1.29 is 4.79 Å². The maximum Gasteiger partial charge on any atom is 0.257 e. The third kappa shape index (κ3) is 5.81. The number of nitrogens with zero attached hydrogens (tertiary/aromatic N) is 5. The molecule has 1 atom stereocenters. The first-order chi connectivity index (χ1) is 18.5. The molecule has 1 amide bonds. The fourth-order valence-corrected chi connectivity index (χ4v) is 5.28. The van der Waals surface area contributed by atoms with Gasteiger partial charge in [0, 0.05) is 55.4 Å². The maximum atomic E-state index is 12.8. The van der Waals surface area contributed by atoms with Gasteiger partial charge in [-0.2, -0.15) is 4.98 Å². The molecule has 198 valence electrons. The summed E-state index contributed by atoms with van der Waals surface area (Å²) in [4.78, 5) is 31.6. The van der Waals surface area contributed by atoms with Crippen LogP contribution in [0.15, 0.2) is 41.9 Å². The van der Waals surface area contributed by atoms with Gasteiger partial charge in [0.1, 0.15) is 17.2 Å². The maximum absolute atomic E-state index is 12.8. The van der Waals surface area contributed by atoms with Crippen LogP contribution in [0.25, 0.3) is 0 Å². The zero-order chi connectivity index (χ0) is 26.5. The molecule has 3 aliphatic rings. The molecule has 1 unspecified atom stereocenters. The Kier molecular flexibility index (Phi) is 7.89. The average molecular weight is 513 g/mol. The Morgan fingerprint density at radius 3 is 2.68 bits per heavy atom. The Balaban J connectivity index is 1.35. The number of allylic oxidation sites excluding steroid dienone is 4. The Bertz CT molecular complexity index is 1290. The van der Waals surface area contributed by atoms with Crippen molar-refractivity contribution >= 4 is 23.5 Å². The first-order valence-electron chi connectivity index (χ1n) is 13.5. The number of pyridine rings is 1. The molecule has 5 rings (SSSR count). The van der Waals surface area contributed by atoms with E-state index in [0.717, 1.165) is 69.7 Å². The molecule has 3 N–H and O–H groups in total. The molecule has 1 saturated heterocycles. The molecule has 2 aromatic heterocycles. The highest BCUT2D eigenvalue weighted by Crippen LogP contribution is 2.35. The van der Waals surface area contributed by atoms with Crippen molar-refractivity contribution in [2.24, 2.45) is 0 Å². The number of rotatable bonds is 8. The van der Waals surface area contributed by atoms with Crippen LogP contribution < -0.4 is 16.0 Å². The summed E-state index contributed by atoms with van der Waals surface area (Å²) in [5, 5.41) is 9.34. The molecule has 2 aliphatic carbocycles. The summed E-state index contributed by atoms with van der Waals surface area (Å²) in [5.74, 6) is 4.05. The number of hydrogen-bond donors (Lipinski definition) is 3. The summed E-state index contributed by atoms with van der Waals surface area (Å²) in [5.41, 5.74) is 5.17. The number of aryl methyl sites for hydroxylation is 1. The standard InChI is InChI=1S/C29H36N8O/c1-4-14-30-28(38)24-19-31-29(32-22-9-11-23(12-10-22)37-17-15-36(3)16-18-37)35-27(24)34-25-13-8-21-7-6-20(5-2)26(21)33-25/h1,8-9,11,13,19-20H,5-7,10,12,14-18H2,2-3H3,(H,30,38)(H2,31,32,33,34,35). The first-order valence-corrected chi connectivity index (χ1v) is 13.5. The van der Waals surface area contributed by atoms with Crippen molar-refractivity contribution in [3.05, 3.63) is 58.7 Å². The van der Waals surface area contributed by atoms with Crippen LogP contribution in [0.2, 0.25) is 0 Å². The summed E-state index contributed by atoms with van der Waals surface area (Å²) in [6.07, 6.45) is 16.3. The molecule has 0 spiro atoms. The van der Waals surface area contributed by atoms with Crippen LogP contribution in [-0.2, 0) is 6.42 Å². The van der Waals surface area contributed by atoms with E-state index in [4.69, 9.17) is 11.4 Å². The fraction of sp³-hybridized carbons (Fsp3) is 0.448. The van der Waals surface area contributed by atoms with E-state index in [1.165, 1.54) is 17.5 Å². The minimum absolute atomic E-state index is 0.127. The number of piperazine rings is 1. The van der Waals surface area contributed by atoms with E-state index in [0.29, 0.717) is 29.1 Å². The van der Waals surface area contributed by atoms with Crippen LogP contribution in [0, 0.1) is 12.3 Å². The van der Waals surface area contributed by atoms with Crippen LogP contribution in [0.4, 0.5) is 17.6 Å². The Morgan fingerprint density at radius 1 is 1.11 bits per heavy atom. The molecular formula is C29H36N8O. The molecule has 1 aliphatic heterocycles. The molecule has 9 heteroatoms. The number of terminal acetylenes is 1. The number of carbonyl (C=O) groups excluding carboxylic acids is 1. The normalized spacial score (nSPS) is 19.2. The van der Waals surface area contributed by atoms with Gasteiger partial charge in [-0.1, -0.05) is 18.9 Å². The van der Waals surface area contributed by atoms with Crippen molar-refractivity contribution in [2.45, 2.75) is 44.9 Å². The monoisotopic (exact) mass is 512 g/mol. The van der Waals surface area contributed by atoms with Crippen molar-refractivity contribution in [3.8, 4) is 12.3 Å². The predicted octanol–water partition coefficient (Wildman–Crippen LogP) is 3.64. The van der Waals surface area contributed by atoms with E-state index in [-0.39, 0.29) is 12.5 Å². The van der Waals surface area contributed by atoms with Crippen molar-refractivity contribution in [1.29, 1.82) is 0 Å². The lowest BCUT2D eigenvalue weighted by molar-refractivity contribution is 0.0959. The number of hydrogen-bond acceptors (Lipinski definition) is 8. The number of fused-ring (bicyclic) bond motifs is 1. The van der Waals surface area contributed by atoms with Crippen LogP contribution >= 0.6 is 0 Å². The number of amides is 1. The SMILES string of the molecule is C#CCNC(=O)c1cnc(NC2=CC=C(N3CCN(C)CC3)CC2)nc1Nc1ccc2c(n1)C(CC)CC2. The van der Waals surface area contributed by atoms with E-state index in [1.807, 2.05) is 6.07 Å². The molecule has 0 aromatic carbocycles. The van der Waals surface area contributed by atoms with Gasteiger partial charge in [0.2, 0.25) is 5.95 Å². The summed E-state index contributed by atoms with van der Waals surface area (Å²) >= 11 is 0. The van der Waals surface area contributed by atoms with Gasteiger partial charge in [-0.25, -0.2) is 9.97 Å². The van der Waals surface area contributed by atoms with Gasteiger partial charge in [-0.05, 0) is 62.9 Å². The second kappa shape index (κ2) is 11.7. The van der Waals surface area contributed by atoms with Crippen molar-refractivity contribution in [3.63, 3.8) is 0 Å². The summed E-state index contributed by atoms with van der Waals surface area (Å²) in [6, 6.07) is 4.07. The third-order valence-electron chi connectivity index (χ3n) is 7.59. The lowest BCUT2D eigenvalue weighted by atomic mass is 10.0. The van der Waals surface area contributed by atoms with E-state index >= 15 is 0 Å². The number of nitrogens with one attached hydrogen (secondary N) is 3. The van der Waals surface area contributed by atoms with Gasteiger partial charge < -0.3 is 25.8 Å². The smallest absolute Gasteiger partial charge is 0.257 e. The largest absolute Gasteiger partial charge is 0.372 e. The van der Waals surface area contributed by atoms with Gasteiger partial charge in [-0.3, -0.25) is 4.79 Å². The minimum atomic E-state index is -0.332. The molecule has 9 nitrogen and oxygen atoms in total. The number of aromatic nitrogens is 3. The van der Waals surface area contributed by atoms with Gasteiger partial charge in [-0.15, -0.1) is 6.42 Å². The summed E-state index contributed by atoms with van der Waals surface area (Å²) in [6.45, 7) is 6.64. The van der Waals surface area contributed by atoms with Gasteiger partial charge >= 0.3 is 0 Å². The van der Waals surface area contributed by atoms with Crippen LogP contribution in [0.1, 0.15) is 60.1 Å². The minimum Gasteiger partial charge on any atom is -0.372 e. The molecule has 38 heavy (non-hydrogen) atoms. The zero-order valence-corrected chi connectivity index (χ0v) is 22.3. The predicted molar refractivity (Wildman–Crippen MR) is 150 cm³/mol. The summed E-state index contributed by atoms with van der Waals surface area (Å²) < 4.78 is 0. The Labute approximate surface area is 224 Å². The molecule has 2 aromatic rings. The van der Waals surface area contributed by atoms with Crippen LogP contribution in [0.3, 0.4) is 0 Å². The third-order valence-corrected chi connectivity index (χ3v) is 7.59. The van der Waals surface area contributed by atoms with Crippen LogP contribution in [-0.4, -0.2) is 70.4 Å². The van der Waals surface area contributed by atoms with E-state index < -0.39 is 0 Å².